The number of unbranched alkanes of at least 4 members (excludes halogenated alkanes) is 1. The molecule has 2 fully saturated rings. The molecule has 4 rings (SSSR count). The molecule has 0 saturated carbocycles. The summed E-state index contributed by atoms with van der Waals surface area (Å²) in [6.45, 7) is 4.32. The van der Waals surface area contributed by atoms with E-state index in [0.717, 1.165) is 37.7 Å². The number of carbonyl (C=O) groups is 2. The van der Waals surface area contributed by atoms with Gasteiger partial charge in [-0.05, 0) is 37.3 Å². The van der Waals surface area contributed by atoms with Crippen molar-refractivity contribution in [3.63, 3.8) is 0 Å². The van der Waals surface area contributed by atoms with E-state index in [1.165, 1.54) is 4.68 Å². The van der Waals surface area contributed by atoms with E-state index in [2.05, 4.69) is 16.9 Å². The van der Waals surface area contributed by atoms with Crippen LogP contribution >= 0.6 is 0 Å². The van der Waals surface area contributed by atoms with Crippen LogP contribution in [0.4, 0.5) is 0 Å². The molecule has 7 heteroatoms. The van der Waals surface area contributed by atoms with Gasteiger partial charge in [0.2, 0.25) is 11.8 Å². The van der Waals surface area contributed by atoms with Gasteiger partial charge >= 0.3 is 0 Å². The van der Waals surface area contributed by atoms with Gasteiger partial charge in [-0.1, -0.05) is 25.5 Å². The first kappa shape index (κ1) is 18.8. The molecule has 0 bridgehead atoms. The Bertz CT molecular complexity index is 931. The molecular weight excluding hydrogens is 356 g/mol. The van der Waals surface area contributed by atoms with Crippen LogP contribution in [-0.4, -0.2) is 57.1 Å². The third kappa shape index (κ3) is 3.45. The zero-order chi connectivity index (χ0) is 19.7. The number of nitrogens with zero attached hydrogens (tertiary/aromatic N) is 3. The first-order valence-corrected chi connectivity index (χ1v) is 10.3. The summed E-state index contributed by atoms with van der Waals surface area (Å²) in [7, 11) is 0. The van der Waals surface area contributed by atoms with Crippen LogP contribution in [0.3, 0.4) is 0 Å². The maximum atomic E-state index is 12.9. The van der Waals surface area contributed by atoms with Crippen molar-refractivity contribution < 1.29 is 9.59 Å². The highest BCUT2D eigenvalue weighted by atomic mass is 16.2. The number of aromatic amines is 1. The lowest BCUT2D eigenvalue weighted by atomic mass is 9.83. The molecule has 1 aromatic heterocycles. The maximum Gasteiger partial charge on any atom is 0.274 e. The first-order valence-electron chi connectivity index (χ1n) is 10.3. The van der Waals surface area contributed by atoms with Crippen molar-refractivity contribution in [2.75, 3.05) is 19.6 Å². The van der Waals surface area contributed by atoms with E-state index in [0.29, 0.717) is 30.8 Å². The third-order valence-corrected chi connectivity index (χ3v) is 6.20. The molecule has 0 aliphatic carbocycles. The number of aromatic nitrogens is 2. The lowest BCUT2D eigenvalue weighted by molar-refractivity contribution is -0.144. The number of hydrogen-bond acceptors (Lipinski definition) is 3. The van der Waals surface area contributed by atoms with E-state index >= 15 is 0 Å². The number of para-hydroxylation sites is 1. The van der Waals surface area contributed by atoms with Crippen molar-refractivity contribution in [3.8, 4) is 0 Å². The zero-order valence-electron chi connectivity index (χ0n) is 16.4. The van der Waals surface area contributed by atoms with Gasteiger partial charge in [-0.15, -0.1) is 0 Å². The molecule has 1 N–H and O–H groups in total. The van der Waals surface area contributed by atoms with Crippen LogP contribution in [0.15, 0.2) is 29.1 Å². The molecule has 2 unspecified atom stereocenters. The number of carbonyl (C=O) groups excluding carboxylic acids is 2. The van der Waals surface area contributed by atoms with Crippen LogP contribution in [0.5, 0.6) is 0 Å². The average molecular weight is 384 g/mol. The highest BCUT2D eigenvalue weighted by Gasteiger charge is 2.40. The van der Waals surface area contributed by atoms with E-state index in [1.807, 2.05) is 23.1 Å². The van der Waals surface area contributed by atoms with Crippen LogP contribution in [0.2, 0.25) is 0 Å². The predicted molar refractivity (Wildman–Crippen MR) is 107 cm³/mol. The van der Waals surface area contributed by atoms with Crippen LogP contribution in [0, 0.1) is 5.92 Å². The Kier molecular flexibility index (Phi) is 5.24. The molecule has 150 valence electrons. The van der Waals surface area contributed by atoms with Gasteiger partial charge in [0, 0.05) is 32.1 Å². The Balaban J connectivity index is 1.43. The van der Waals surface area contributed by atoms with Gasteiger partial charge in [0.05, 0.1) is 10.9 Å². The number of H-pyrrole nitrogens is 1. The number of benzene rings is 1. The summed E-state index contributed by atoms with van der Waals surface area (Å²) < 4.78 is 1.40. The smallest absolute Gasteiger partial charge is 0.274 e. The van der Waals surface area contributed by atoms with Crippen molar-refractivity contribution in [1.29, 1.82) is 0 Å². The molecule has 2 atom stereocenters. The van der Waals surface area contributed by atoms with Crippen LogP contribution in [0.25, 0.3) is 10.9 Å². The Hall–Kier alpha value is -2.57. The molecule has 2 aliphatic heterocycles. The number of amides is 2. The summed E-state index contributed by atoms with van der Waals surface area (Å²) in [5.41, 5.74) is 0.587. The molecule has 2 aliphatic rings. The highest BCUT2D eigenvalue weighted by Crippen LogP contribution is 2.31. The minimum Gasteiger partial charge on any atom is -0.341 e. The van der Waals surface area contributed by atoms with Crippen LogP contribution < -0.4 is 5.56 Å². The topological polar surface area (TPSA) is 78.4 Å². The molecule has 2 aromatic rings. The van der Waals surface area contributed by atoms with Gasteiger partial charge < -0.3 is 9.80 Å². The summed E-state index contributed by atoms with van der Waals surface area (Å²) in [4.78, 5) is 41.6. The number of nitrogens with one attached hydrogen (secondary N) is 1. The van der Waals surface area contributed by atoms with Crippen LogP contribution in [0.1, 0.15) is 39.0 Å². The van der Waals surface area contributed by atoms with Gasteiger partial charge in [0.15, 0.2) is 0 Å². The average Bonchev–Trinajstić information content (AvgIpc) is 3.02. The second kappa shape index (κ2) is 7.81. The lowest BCUT2D eigenvalue weighted by Gasteiger charge is -2.47. The van der Waals surface area contributed by atoms with E-state index in [4.69, 9.17) is 0 Å². The Morgan fingerprint density at radius 3 is 2.82 bits per heavy atom. The largest absolute Gasteiger partial charge is 0.341 e. The molecular formula is C21H28N4O3. The minimum atomic E-state index is -0.159. The SMILES string of the molecule is CCCCN1C(=O)CCC2CN(C(=O)Cn3[nH]c4ccccc4c3=O)CCC21. The van der Waals surface area contributed by atoms with E-state index < -0.39 is 0 Å². The molecule has 7 nitrogen and oxygen atoms in total. The normalized spacial score (nSPS) is 22.5. The van der Waals surface area contributed by atoms with Gasteiger partial charge in [0.25, 0.3) is 5.56 Å². The molecule has 3 heterocycles. The molecule has 1 aromatic carbocycles. The minimum absolute atomic E-state index is 0.0311. The number of likely N-dealkylation sites (tertiary alicyclic amines) is 2. The van der Waals surface area contributed by atoms with E-state index in [9.17, 15) is 14.4 Å². The third-order valence-electron chi connectivity index (χ3n) is 6.20. The number of fused-ring (bicyclic) bond motifs is 2. The number of hydrogen-bond donors (Lipinski definition) is 1. The van der Waals surface area contributed by atoms with Gasteiger partial charge in [-0.2, -0.15) is 0 Å². The standard InChI is InChI=1S/C21H28N4O3/c1-2-3-11-24-18-10-12-23(13-15(18)8-9-19(24)26)20(27)14-25-21(28)16-6-4-5-7-17(16)22-25/h4-7,15,18,22H,2-3,8-14H2,1H3. The monoisotopic (exact) mass is 384 g/mol. The Morgan fingerprint density at radius 2 is 2.04 bits per heavy atom. The van der Waals surface area contributed by atoms with Crippen molar-refractivity contribution in [2.24, 2.45) is 5.92 Å². The molecule has 0 spiro atoms. The first-order chi connectivity index (χ1) is 13.6. The summed E-state index contributed by atoms with van der Waals surface area (Å²) in [5.74, 6) is 0.565. The molecule has 2 amide bonds. The quantitative estimate of drug-likeness (QED) is 0.856. The second-order valence-corrected chi connectivity index (χ2v) is 7.98. The lowest BCUT2D eigenvalue weighted by Crippen LogP contribution is -2.57. The highest BCUT2D eigenvalue weighted by molar-refractivity contribution is 5.80. The molecule has 0 radical (unpaired) electrons. The van der Waals surface area contributed by atoms with E-state index in [-0.39, 0.29) is 30.0 Å². The number of rotatable bonds is 5. The van der Waals surface area contributed by atoms with Crippen molar-refractivity contribution in [2.45, 2.75) is 51.6 Å². The summed E-state index contributed by atoms with van der Waals surface area (Å²) in [6.07, 6.45) is 4.36. The van der Waals surface area contributed by atoms with Crippen molar-refractivity contribution in [1.82, 2.24) is 19.6 Å². The van der Waals surface area contributed by atoms with Crippen LogP contribution in [-0.2, 0) is 16.1 Å². The maximum absolute atomic E-state index is 12.9. The zero-order valence-corrected chi connectivity index (χ0v) is 16.4. The second-order valence-electron chi connectivity index (χ2n) is 7.98. The van der Waals surface area contributed by atoms with Gasteiger partial charge in [-0.25, -0.2) is 4.68 Å². The molecule has 2 saturated heterocycles. The fourth-order valence-electron chi connectivity index (χ4n) is 4.65. The van der Waals surface area contributed by atoms with Gasteiger partial charge in [0.1, 0.15) is 6.54 Å². The van der Waals surface area contributed by atoms with E-state index in [1.54, 1.807) is 6.07 Å². The molecule has 28 heavy (non-hydrogen) atoms. The number of piperidine rings is 2. The summed E-state index contributed by atoms with van der Waals surface area (Å²) in [6, 6.07) is 7.55. The Morgan fingerprint density at radius 1 is 1.21 bits per heavy atom. The van der Waals surface area contributed by atoms with Gasteiger partial charge in [-0.3, -0.25) is 19.5 Å². The Labute approximate surface area is 164 Å². The van der Waals surface area contributed by atoms with Crippen molar-refractivity contribution >= 4 is 22.7 Å². The van der Waals surface area contributed by atoms with Crippen molar-refractivity contribution in [3.05, 3.63) is 34.6 Å². The fraction of sp³-hybridized carbons (Fsp3) is 0.571. The summed E-state index contributed by atoms with van der Waals surface area (Å²) in [5, 5.41) is 3.63. The predicted octanol–water partition coefficient (Wildman–Crippen LogP) is 1.97. The summed E-state index contributed by atoms with van der Waals surface area (Å²) >= 11 is 0. The fourth-order valence-corrected chi connectivity index (χ4v) is 4.65.